The molecule has 0 spiro atoms. The average molecular weight is 423 g/mol. The van der Waals surface area contributed by atoms with Gasteiger partial charge in [-0.3, -0.25) is 0 Å². The number of aromatic nitrogens is 3. The van der Waals surface area contributed by atoms with Crippen molar-refractivity contribution in [1.29, 1.82) is 5.26 Å². The van der Waals surface area contributed by atoms with Crippen LogP contribution in [0, 0.1) is 23.7 Å². The molecule has 154 valence electrons. The van der Waals surface area contributed by atoms with Gasteiger partial charge in [-0.25, -0.2) is 19.7 Å². The van der Waals surface area contributed by atoms with Crippen LogP contribution in [-0.2, 0) is 4.74 Å². The molecule has 0 unspecified atom stereocenters. The van der Waals surface area contributed by atoms with Gasteiger partial charge in [0.1, 0.15) is 27.5 Å². The maximum atomic E-state index is 12.3. The summed E-state index contributed by atoms with van der Waals surface area (Å²) in [5.41, 5.74) is 1.38. The van der Waals surface area contributed by atoms with Crippen LogP contribution in [0.4, 0.5) is 11.5 Å². The molecule has 0 saturated heterocycles. The Bertz CT molecular complexity index is 1130. The van der Waals surface area contributed by atoms with E-state index in [0.717, 1.165) is 23.8 Å². The molecule has 0 bridgehead atoms. The van der Waals surface area contributed by atoms with Crippen molar-refractivity contribution in [2.45, 2.75) is 33.1 Å². The minimum atomic E-state index is -0.360. The third kappa shape index (κ3) is 3.91. The lowest BCUT2D eigenvalue weighted by molar-refractivity contribution is 0.0531. The second kappa shape index (κ2) is 8.24. The number of aryl methyl sites for hydroxylation is 1. The highest BCUT2D eigenvalue weighted by Crippen LogP contribution is 2.49. The molecule has 0 radical (unpaired) electrons. The number of nitrogens with zero attached hydrogens (tertiary/aromatic N) is 4. The van der Waals surface area contributed by atoms with Gasteiger partial charge in [-0.1, -0.05) is 0 Å². The summed E-state index contributed by atoms with van der Waals surface area (Å²) in [6, 6.07) is 5.90. The predicted octanol–water partition coefficient (Wildman–Crippen LogP) is 4.39. The van der Waals surface area contributed by atoms with Gasteiger partial charge in [0.2, 0.25) is 5.88 Å². The van der Waals surface area contributed by atoms with E-state index in [1.807, 2.05) is 13.0 Å². The normalized spacial score (nSPS) is 14.2. The summed E-state index contributed by atoms with van der Waals surface area (Å²) in [7, 11) is 0. The van der Waals surface area contributed by atoms with Gasteiger partial charge in [0.25, 0.3) is 0 Å². The lowest BCUT2D eigenvalue weighted by atomic mass is 10.1. The van der Waals surface area contributed by atoms with Crippen molar-refractivity contribution in [3.05, 3.63) is 35.1 Å². The van der Waals surface area contributed by atoms with E-state index in [-0.39, 0.29) is 11.4 Å². The van der Waals surface area contributed by atoms with E-state index in [2.05, 4.69) is 26.3 Å². The highest BCUT2D eigenvalue weighted by atomic mass is 32.1. The number of fused-ring (bicyclic) bond motifs is 1. The first kappa shape index (κ1) is 20.0. The summed E-state index contributed by atoms with van der Waals surface area (Å²) in [6.07, 6.45) is 5.59. The van der Waals surface area contributed by atoms with Gasteiger partial charge in [-0.05, 0) is 44.4 Å². The van der Waals surface area contributed by atoms with Gasteiger partial charge in [0, 0.05) is 18.0 Å². The van der Waals surface area contributed by atoms with Gasteiger partial charge < -0.3 is 14.8 Å². The largest absolute Gasteiger partial charge is 0.476 e. The summed E-state index contributed by atoms with van der Waals surface area (Å²) in [5.74, 6) is 0.661. The Labute approximate surface area is 177 Å². The minimum Gasteiger partial charge on any atom is -0.476 e. The fourth-order valence-corrected chi connectivity index (χ4v) is 4.27. The molecule has 3 heterocycles. The average Bonchev–Trinajstić information content (AvgIpc) is 3.42. The number of carbonyl (C=O) groups excluding carboxylic acids is 1. The molecule has 0 atom stereocenters. The zero-order chi connectivity index (χ0) is 21.1. The molecule has 1 saturated carbocycles. The summed E-state index contributed by atoms with van der Waals surface area (Å²) in [5, 5.41) is 13.1. The zero-order valence-corrected chi connectivity index (χ0v) is 17.6. The highest BCUT2D eigenvalue weighted by molar-refractivity contribution is 7.20. The van der Waals surface area contributed by atoms with Crippen LogP contribution in [0.15, 0.2) is 24.7 Å². The predicted molar refractivity (Wildman–Crippen MR) is 113 cm³/mol. The fraction of sp³-hybridized carbons (Fsp3) is 0.381. The third-order valence-electron chi connectivity index (χ3n) is 5.14. The smallest absolute Gasteiger partial charge is 0.348 e. The van der Waals surface area contributed by atoms with E-state index in [0.29, 0.717) is 46.7 Å². The molecule has 0 aromatic carbocycles. The van der Waals surface area contributed by atoms with Gasteiger partial charge in [-0.2, -0.15) is 5.26 Å². The molecule has 1 fully saturated rings. The first-order valence-electron chi connectivity index (χ1n) is 9.70. The Morgan fingerprint density at radius 3 is 2.93 bits per heavy atom. The monoisotopic (exact) mass is 423 g/mol. The van der Waals surface area contributed by atoms with Crippen molar-refractivity contribution >= 4 is 39.0 Å². The van der Waals surface area contributed by atoms with Crippen LogP contribution in [0.3, 0.4) is 0 Å². The molecule has 0 aliphatic heterocycles. The summed E-state index contributed by atoms with van der Waals surface area (Å²) in [6.45, 7) is 4.40. The lowest BCUT2D eigenvalue weighted by Gasteiger charge is -2.15. The number of carbonyl (C=O) groups is 1. The molecule has 4 rings (SSSR count). The van der Waals surface area contributed by atoms with Crippen LogP contribution in [0.2, 0.25) is 0 Å². The number of hydrogen-bond acceptors (Lipinski definition) is 9. The number of pyridine rings is 1. The fourth-order valence-electron chi connectivity index (χ4n) is 3.22. The number of hydrogen-bond donors (Lipinski definition) is 1. The molecule has 9 heteroatoms. The van der Waals surface area contributed by atoms with Gasteiger partial charge in [-0.15, -0.1) is 11.3 Å². The zero-order valence-electron chi connectivity index (χ0n) is 16.8. The van der Waals surface area contributed by atoms with E-state index >= 15 is 0 Å². The van der Waals surface area contributed by atoms with Crippen LogP contribution >= 0.6 is 11.3 Å². The molecule has 0 amide bonds. The number of rotatable bonds is 8. The van der Waals surface area contributed by atoms with E-state index in [4.69, 9.17) is 14.7 Å². The van der Waals surface area contributed by atoms with Gasteiger partial charge >= 0.3 is 5.97 Å². The van der Waals surface area contributed by atoms with Crippen LogP contribution in [0.1, 0.15) is 41.4 Å². The summed E-state index contributed by atoms with van der Waals surface area (Å²) >= 11 is 1.29. The maximum absolute atomic E-state index is 12.3. The maximum Gasteiger partial charge on any atom is 0.348 e. The summed E-state index contributed by atoms with van der Waals surface area (Å²) < 4.78 is 11.1. The van der Waals surface area contributed by atoms with Crippen molar-refractivity contribution in [3.8, 4) is 11.9 Å². The topological polar surface area (TPSA) is 110 Å². The van der Waals surface area contributed by atoms with Crippen molar-refractivity contribution in [2.75, 3.05) is 18.5 Å². The molecule has 3 aromatic heterocycles. The number of anilines is 2. The van der Waals surface area contributed by atoms with Crippen LogP contribution in [0.5, 0.6) is 5.88 Å². The molecule has 30 heavy (non-hydrogen) atoms. The molecule has 1 aliphatic rings. The van der Waals surface area contributed by atoms with E-state index in [1.165, 1.54) is 17.7 Å². The second-order valence-electron chi connectivity index (χ2n) is 7.28. The van der Waals surface area contributed by atoms with Crippen LogP contribution in [-0.4, -0.2) is 34.1 Å². The van der Waals surface area contributed by atoms with Crippen LogP contribution in [0.25, 0.3) is 10.2 Å². The molecule has 3 aromatic rings. The summed E-state index contributed by atoms with van der Waals surface area (Å²) in [4.78, 5) is 26.5. The molecule has 8 nitrogen and oxygen atoms in total. The number of nitriles is 1. The molecule has 1 aliphatic carbocycles. The van der Waals surface area contributed by atoms with Crippen LogP contribution < -0.4 is 10.1 Å². The van der Waals surface area contributed by atoms with E-state index in [1.54, 1.807) is 19.2 Å². The number of esters is 1. The van der Waals surface area contributed by atoms with Crippen molar-refractivity contribution in [3.63, 3.8) is 0 Å². The molecular formula is C21H21N5O3S. The Balaban J connectivity index is 1.62. The molecule has 1 N–H and O–H groups in total. The Morgan fingerprint density at radius 1 is 1.37 bits per heavy atom. The highest BCUT2D eigenvalue weighted by Gasteiger charge is 2.43. The van der Waals surface area contributed by atoms with Crippen molar-refractivity contribution in [1.82, 2.24) is 15.0 Å². The quantitative estimate of drug-likeness (QED) is 0.531. The van der Waals surface area contributed by atoms with Crippen molar-refractivity contribution in [2.24, 2.45) is 5.41 Å². The van der Waals surface area contributed by atoms with Crippen molar-refractivity contribution < 1.29 is 14.3 Å². The minimum absolute atomic E-state index is 0.0514. The Hall–Kier alpha value is -3.25. The first-order valence-corrected chi connectivity index (χ1v) is 10.5. The molecular weight excluding hydrogens is 402 g/mol. The van der Waals surface area contributed by atoms with Gasteiger partial charge in [0.15, 0.2) is 0 Å². The Kier molecular flexibility index (Phi) is 5.50. The first-order chi connectivity index (χ1) is 14.6. The number of thiophene rings is 1. The number of ether oxygens (including phenoxy) is 2. The lowest BCUT2D eigenvalue weighted by Crippen LogP contribution is -2.14. The standard InChI is InChI=1S/C21H21N5O3S/c1-3-28-20(27)16-13(2)15-17(24-12-25-19(15)30-16)26-14-5-4-10-23-18(14)29-11-21(6-7-21)8-9-22/h4-5,10,12H,3,6-8,11H2,1-2H3,(H,24,25,26). The van der Waals surface area contributed by atoms with Gasteiger partial charge in [0.05, 0.1) is 24.7 Å². The second-order valence-corrected chi connectivity index (χ2v) is 8.28. The SMILES string of the molecule is CCOC(=O)c1sc2ncnc(Nc3cccnc3OCC3(CC#N)CC3)c2c1C. The van der Waals surface area contributed by atoms with E-state index < -0.39 is 0 Å². The third-order valence-corrected chi connectivity index (χ3v) is 6.32. The van der Waals surface area contributed by atoms with E-state index in [9.17, 15) is 4.79 Å². The number of nitrogens with one attached hydrogen (secondary N) is 1. The Morgan fingerprint density at radius 2 is 2.20 bits per heavy atom.